The molecular weight excluding hydrogens is 1490 g/mol. The van der Waals surface area contributed by atoms with Crippen LogP contribution < -0.4 is 37.6 Å². The third kappa shape index (κ3) is 24.8. The molecule has 0 aliphatic carbocycles. The maximum atomic E-state index is 13.2. The van der Waals surface area contributed by atoms with Crippen molar-refractivity contribution >= 4 is 35.2 Å². The SMILES string of the molecule is NC(COCCC(=O)NCCCCCCOC[C@@]12CO[C@@H](O1)[C@H](Nc1cncc(C(F)(F)F)n1)[C@@H](O)[C@H]2O)(COCCC(=O)NCCCCCCOC[C@@]12CO[C@@H](O1)[C@H](Nc1cncc(C(F)(F)F)n1)[C@@H](O)[C@H]2O)COCCC(=O)NCCCCCCOC[C@@]12CO[C@@H](O1)[C@H](Nc1cncc(C(F)(F)F)n1)[C@@H](O)[C@H]2O. The van der Waals surface area contributed by atoms with Gasteiger partial charge >= 0.3 is 18.5 Å². The molecule has 6 bridgehead atoms. The number of halogens is 9. The molecule has 0 unspecified atom stereocenters. The highest BCUT2D eigenvalue weighted by molar-refractivity contribution is 5.76. The largest absolute Gasteiger partial charge is 0.434 e. The predicted octanol–water partition coefficient (Wildman–Crippen LogP) is 1.39. The van der Waals surface area contributed by atoms with Crippen molar-refractivity contribution in [1.29, 1.82) is 0 Å². The topological polar surface area (TPSA) is 459 Å². The monoisotopic (exact) mass is 1590 g/mol. The van der Waals surface area contributed by atoms with Crippen LogP contribution in [0.5, 0.6) is 0 Å². The second-order valence-electron chi connectivity index (χ2n) is 28.0. The Bertz CT molecular complexity index is 3030. The Morgan fingerprint density at radius 3 is 0.955 bits per heavy atom. The molecule has 34 nitrogen and oxygen atoms in total. The van der Waals surface area contributed by atoms with E-state index in [4.69, 9.17) is 62.6 Å². The number of aromatic nitrogens is 6. The van der Waals surface area contributed by atoms with E-state index in [-0.39, 0.29) is 154 Å². The number of nitrogens with zero attached hydrogens (tertiary/aromatic N) is 6. The summed E-state index contributed by atoms with van der Waals surface area (Å²) in [6.45, 7) is 0.715. The lowest BCUT2D eigenvalue weighted by molar-refractivity contribution is -0.229. The van der Waals surface area contributed by atoms with Gasteiger partial charge in [0.15, 0.2) is 36.0 Å². The van der Waals surface area contributed by atoms with Gasteiger partial charge in [-0.05, 0) is 38.5 Å². The molecule has 3 amide bonds. The minimum absolute atomic E-state index is 0.000690. The zero-order valence-electron chi connectivity index (χ0n) is 60.2. The highest BCUT2D eigenvalue weighted by Crippen LogP contribution is 2.42. The standard InChI is InChI=1S/C67H98F9N13O21/c68-65(69,70)40-25-78-28-43(84-40)87-49-52(93)55(96)62(37-105-58(49)108-62)34-99-19-10-4-1-7-16-81-46(90)13-22-102-31-61(77,32-103-23-14-47(91)82-17-8-2-5-11-20-100-35-63-38-106-59(109-63)50(53(94)56(63)97)88-44-29-79-26-41(85-44)66(71,72)73)33-104-24-15-48(92)83-18-9-3-6-12-21-101-36-64-39-107-60(110-64)51(54(95)57(64)98)89-45-30-80-27-42(86-45)67(74,75)76/h25-30,49-60,93-98H,1-24,31-39,77H2,(H,81,90)(H,82,91)(H,83,92)(H,84,87)(H,85,88)(H,86,89)/t49-,50-,51-,52-,53-,54-,55-,56-,57-,58+,59+,60+,62+,63+,64+/m1/s1. The Morgan fingerprint density at radius 2 is 0.682 bits per heavy atom. The van der Waals surface area contributed by atoms with Gasteiger partial charge in [0.1, 0.15) is 89.0 Å². The maximum Gasteiger partial charge on any atom is 0.434 e. The van der Waals surface area contributed by atoms with E-state index in [1.807, 2.05) is 0 Å². The average molecular weight is 1590 g/mol. The van der Waals surface area contributed by atoms with E-state index in [1.54, 1.807) is 0 Å². The Labute approximate surface area is 626 Å². The van der Waals surface area contributed by atoms with Gasteiger partial charge in [0.25, 0.3) is 0 Å². The van der Waals surface area contributed by atoms with Gasteiger partial charge < -0.3 is 125 Å². The Hall–Kier alpha value is -6.34. The van der Waals surface area contributed by atoms with Crippen LogP contribution in [0, 0.1) is 0 Å². The minimum Gasteiger partial charge on any atom is -0.388 e. The molecule has 620 valence electrons. The molecule has 0 aromatic carbocycles. The van der Waals surface area contributed by atoms with Crippen LogP contribution in [-0.4, -0.2) is 293 Å². The fourth-order valence-corrected chi connectivity index (χ4v) is 12.9. The summed E-state index contributed by atoms with van der Waals surface area (Å²) < 4.78 is 188. The smallest absolute Gasteiger partial charge is 0.388 e. The molecule has 6 saturated heterocycles. The fourth-order valence-electron chi connectivity index (χ4n) is 12.9. The fraction of sp³-hybridized carbons (Fsp3) is 0.776. The summed E-state index contributed by atoms with van der Waals surface area (Å²) >= 11 is 0. The number of amides is 3. The quantitative estimate of drug-likeness (QED) is 0.0281. The zero-order chi connectivity index (χ0) is 79.2. The highest BCUT2D eigenvalue weighted by Gasteiger charge is 2.62. The van der Waals surface area contributed by atoms with Crippen molar-refractivity contribution in [2.45, 2.75) is 211 Å². The average Bonchev–Trinajstić information content (AvgIpc) is 1.60. The third-order valence-electron chi connectivity index (χ3n) is 19.1. The number of aliphatic hydroxyl groups is 6. The van der Waals surface area contributed by atoms with E-state index < -0.39 is 132 Å². The van der Waals surface area contributed by atoms with E-state index in [1.165, 1.54) is 0 Å². The molecule has 0 radical (unpaired) electrons. The maximum absolute atomic E-state index is 13.2. The first-order valence-electron chi connectivity index (χ1n) is 36.4. The molecule has 0 saturated carbocycles. The van der Waals surface area contributed by atoms with E-state index in [0.29, 0.717) is 76.7 Å². The molecule has 3 aromatic heterocycles. The number of nitrogens with one attached hydrogen (secondary N) is 6. The summed E-state index contributed by atoms with van der Waals surface area (Å²) in [5.74, 6) is -1.72. The number of carbonyl (C=O) groups is 3. The minimum atomic E-state index is -4.76. The van der Waals surface area contributed by atoms with Gasteiger partial charge in [0.2, 0.25) is 17.7 Å². The number of hydrogen-bond acceptors (Lipinski definition) is 31. The van der Waals surface area contributed by atoms with Crippen LogP contribution in [0.4, 0.5) is 57.0 Å². The van der Waals surface area contributed by atoms with Crippen molar-refractivity contribution in [3.8, 4) is 0 Å². The number of rotatable bonds is 48. The summed E-state index contributed by atoms with van der Waals surface area (Å²) in [7, 11) is 0. The summed E-state index contributed by atoms with van der Waals surface area (Å²) in [5, 5.41) is 82.2. The predicted molar refractivity (Wildman–Crippen MR) is 360 cm³/mol. The van der Waals surface area contributed by atoms with Crippen molar-refractivity contribution in [2.24, 2.45) is 5.73 Å². The van der Waals surface area contributed by atoms with Gasteiger partial charge in [0, 0.05) is 58.7 Å². The number of hydrogen-bond donors (Lipinski definition) is 13. The number of ether oxygens (including phenoxy) is 12. The highest BCUT2D eigenvalue weighted by atomic mass is 19.4. The third-order valence-corrected chi connectivity index (χ3v) is 19.1. The lowest BCUT2D eigenvalue weighted by atomic mass is 9.88. The van der Waals surface area contributed by atoms with E-state index in [9.17, 15) is 84.5 Å². The van der Waals surface area contributed by atoms with Crippen molar-refractivity contribution in [2.75, 3.05) is 135 Å². The van der Waals surface area contributed by atoms with Crippen molar-refractivity contribution < 1.29 is 141 Å². The first-order valence-corrected chi connectivity index (χ1v) is 36.4. The van der Waals surface area contributed by atoms with Crippen LogP contribution in [0.25, 0.3) is 0 Å². The molecular formula is C67H98F9N13O21. The lowest BCUT2D eigenvalue weighted by Gasteiger charge is -2.42. The van der Waals surface area contributed by atoms with Gasteiger partial charge in [-0.2, -0.15) is 39.5 Å². The number of alkyl halides is 9. The Morgan fingerprint density at radius 1 is 0.409 bits per heavy atom. The lowest BCUT2D eigenvalue weighted by Crippen LogP contribution is -2.64. The number of nitrogens with two attached hydrogens (primary N) is 1. The van der Waals surface area contributed by atoms with Gasteiger partial charge in [-0.3, -0.25) is 29.3 Å². The molecule has 6 fully saturated rings. The summed E-state index contributed by atoms with van der Waals surface area (Å²) in [5.41, 5.74) is -2.51. The van der Waals surface area contributed by atoms with Crippen LogP contribution in [0.3, 0.4) is 0 Å². The number of anilines is 3. The van der Waals surface area contributed by atoms with Crippen LogP contribution in [-0.2, 0) is 89.8 Å². The molecule has 6 aliphatic rings. The second kappa shape index (κ2) is 40.6. The van der Waals surface area contributed by atoms with E-state index in [2.05, 4.69) is 61.8 Å². The van der Waals surface area contributed by atoms with Gasteiger partial charge in [0.05, 0.1) is 122 Å². The number of unbranched alkanes of at least 4 members (excludes halogenated alkanes) is 9. The molecule has 15 atom stereocenters. The molecule has 3 aromatic rings. The van der Waals surface area contributed by atoms with Gasteiger partial charge in [-0.1, -0.05) is 38.5 Å². The number of fused-ring (bicyclic) bond motifs is 6. The molecule has 9 heterocycles. The van der Waals surface area contributed by atoms with Crippen LogP contribution in [0.2, 0.25) is 0 Å². The molecule has 6 aliphatic heterocycles. The van der Waals surface area contributed by atoms with E-state index >= 15 is 0 Å². The summed E-state index contributed by atoms with van der Waals surface area (Å²) in [6.07, 6.45) is -13.8. The zero-order valence-corrected chi connectivity index (χ0v) is 60.2. The number of carbonyl (C=O) groups excluding carboxylic acids is 3. The number of aliphatic hydroxyl groups excluding tert-OH is 6. The molecule has 14 N–H and O–H groups in total. The van der Waals surface area contributed by atoms with Crippen LogP contribution >= 0.6 is 0 Å². The van der Waals surface area contributed by atoms with Crippen molar-refractivity contribution in [1.82, 2.24) is 45.9 Å². The first kappa shape index (κ1) is 87.6. The summed E-state index contributed by atoms with van der Waals surface area (Å²) in [6, 6.07) is -3.49. The Kier molecular flexibility index (Phi) is 32.3. The van der Waals surface area contributed by atoms with Crippen molar-refractivity contribution in [3.05, 3.63) is 54.3 Å². The van der Waals surface area contributed by atoms with Crippen LogP contribution in [0.15, 0.2) is 37.2 Å². The van der Waals surface area contributed by atoms with Gasteiger partial charge in [-0.15, -0.1) is 0 Å². The molecule has 0 spiro atoms. The molecule has 43 heteroatoms. The van der Waals surface area contributed by atoms with E-state index in [0.717, 1.165) is 57.1 Å². The molecule has 110 heavy (non-hydrogen) atoms. The normalized spacial score (nSPS) is 27.9. The second-order valence-corrected chi connectivity index (χ2v) is 28.0. The summed E-state index contributed by atoms with van der Waals surface area (Å²) in [4.78, 5) is 59.5. The van der Waals surface area contributed by atoms with Crippen LogP contribution in [0.1, 0.15) is 113 Å². The Balaban J connectivity index is 0.616. The first-order chi connectivity index (χ1) is 52.4. The van der Waals surface area contributed by atoms with Gasteiger partial charge in [-0.25, -0.2) is 15.0 Å². The molecule has 9 rings (SSSR count). The van der Waals surface area contributed by atoms with Crippen molar-refractivity contribution in [3.63, 3.8) is 0 Å².